The van der Waals surface area contributed by atoms with Crippen LogP contribution in [0.15, 0.2) is 53.2 Å². The van der Waals surface area contributed by atoms with Gasteiger partial charge in [-0.3, -0.25) is 9.88 Å². The number of aliphatic hydroxyl groups is 1. The molecular weight excluding hydrogens is 278 g/mol. The SMILES string of the molecule is CC(c1nc2ccccc2o1)N(CCO)Cc1cccnc1. The van der Waals surface area contributed by atoms with Gasteiger partial charge in [0.2, 0.25) is 5.89 Å². The van der Waals surface area contributed by atoms with Gasteiger partial charge >= 0.3 is 0 Å². The van der Waals surface area contributed by atoms with E-state index in [1.165, 1.54) is 0 Å². The number of rotatable bonds is 6. The van der Waals surface area contributed by atoms with Crippen molar-refractivity contribution in [2.45, 2.75) is 19.5 Å². The lowest BCUT2D eigenvalue weighted by atomic mass is 10.2. The third-order valence-corrected chi connectivity index (χ3v) is 3.71. The molecule has 0 saturated carbocycles. The number of fused-ring (bicyclic) bond motifs is 1. The van der Waals surface area contributed by atoms with Crippen molar-refractivity contribution in [1.82, 2.24) is 14.9 Å². The highest BCUT2D eigenvalue weighted by molar-refractivity contribution is 5.72. The molecule has 0 aliphatic carbocycles. The van der Waals surface area contributed by atoms with Crippen LogP contribution in [0, 0.1) is 0 Å². The van der Waals surface area contributed by atoms with E-state index in [4.69, 9.17) is 4.42 Å². The van der Waals surface area contributed by atoms with Gasteiger partial charge in [-0.25, -0.2) is 4.98 Å². The van der Waals surface area contributed by atoms with Crippen molar-refractivity contribution < 1.29 is 9.52 Å². The average Bonchev–Trinajstić information content (AvgIpc) is 2.99. The minimum Gasteiger partial charge on any atom is -0.439 e. The number of oxazole rings is 1. The highest BCUT2D eigenvalue weighted by atomic mass is 16.3. The van der Waals surface area contributed by atoms with E-state index < -0.39 is 0 Å². The van der Waals surface area contributed by atoms with Gasteiger partial charge in [0.1, 0.15) is 5.52 Å². The molecule has 0 spiro atoms. The molecule has 0 saturated heterocycles. The number of hydrogen-bond donors (Lipinski definition) is 1. The number of pyridine rings is 1. The summed E-state index contributed by atoms with van der Waals surface area (Å²) in [6.07, 6.45) is 3.59. The second kappa shape index (κ2) is 6.68. The topological polar surface area (TPSA) is 62.4 Å². The number of aliphatic hydroxyl groups excluding tert-OH is 1. The molecule has 0 amide bonds. The number of aromatic nitrogens is 2. The summed E-state index contributed by atoms with van der Waals surface area (Å²) in [5.74, 6) is 0.665. The van der Waals surface area contributed by atoms with Crippen LogP contribution in [-0.2, 0) is 6.54 Å². The first-order valence-corrected chi connectivity index (χ1v) is 7.37. The van der Waals surface area contributed by atoms with Crippen LogP contribution in [0.5, 0.6) is 0 Å². The smallest absolute Gasteiger partial charge is 0.212 e. The number of nitrogens with zero attached hydrogens (tertiary/aromatic N) is 3. The molecule has 114 valence electrons. The molecule has 0 aliphatic rings. The third-order valence-electron chi connectivity index (χ3n) is 3.71. The summed E-state index contributed by atoms with van der Waals surface area (Å²) in [6, 6.07) is 11.6. The normalized spacial score (nSPS) is 12.9. The lowest BCUT2D eigenvalue weighted by Crippen LogP contribution is -2.29. The molecule has 0 aliphatic heterocycles. The maximum Gasteiger partial charge on any atom is 0.212 e. The largest absolute Gasteiger partial charge is 0.439 e. The van der Waals surface area contributed by atoms with Crippen LogP contribution >= 0.6 is 0 Å². The van der Waals surface area contributed by atoms with Gasteiger partial charge in [0.15, 0.2) is 5.58 Å². The Balaban J connectivity index is 1.83. The molecule has 5 heteroatoms. The summed E-state index contributed by atoms with van der Waals surface area (Å²) in [7, 11) is 0. The number of benzene rings is 1. The van der Waals surface area contributed by atoms with Gasteiger partial charge in [0.25, 0.3) is 0 Å². The van der Waals surface area contributed by atoms with Crippen molar-refractivity contribution in [3.63, 3.8) is 0 Å². The van der Waals surface area contributed by atoms with Crippen LogP contribution in [0.3, 0.4) is 0 Å². The van der Waals surface area contributed by atoms with E-state index in [1.807, 2.05) is 49.5 Å². The average molecular weight is 297 g/mol. The maximum absolute atomic E-state index is 9.34. The molecule has 0 fully saturated rings. The number of para-hydroxylation sites is 2. The lowest BCUT2D eigenvalue weighted by molar-refractivity contribution is 0.136. The molecule has 3 rings (SSSR count). The van der Waals surface area contributed by atoms with Crippen LogP contribution in [0.1, 0.15) is 24.4 Å². The molecule has 5 nitrogen and oxygen atoms in total. The minimum absolute atomic E-state index is 0.0280. The van der Waals surface area contributed by atoms with Crippen molar-refractivity contribution in [3.05, 3.63) is 60.2 Å². The van der Waals surface area contributed by atoms with Crippen LogP contribution in [0.4, 0.5) is 0 Å². The van der Waals surface area contributed by atoms with Gasteiger partial charge in [-0.05, 0) is 30.7 Å². The molecule has 1 atom stereocenters. The van der Waals surface area contributed by atoms with Crippen molar-refractivity contribution in [1.29, 1.82) is 0 Å². The Morgan fingerprint density at radius 2 is 2.09 bits per heavy atom. The molecule has 1 N–H and O–H groups in total. The maximum atomic E-state index is 9.34. The highest BCUT2D eigenvalue weighted by Crippen LogP contribution is 2.25. The zero-order chi connectivity index (χ0) is 15.4. The summed E-state index contributed by atoms with van der Waals surface area (Å²) in [5, 5.41) is 9.34. The first-order valence-electron chi connectivity index (χ1n) is 7.37. The fourth-order valence-corrected chi connectivity index (χ4v) is 2.49. The molecule has 0 bridgehead atoms. The second-order valence-electron chi connectivity index (χ2n) is 5.25. The Morgan fingerprint density at radius 1 is 1.23 bits per heavy atom. The summed E-state index contributed by atoms with van der Waals surface area (Å²) in [4.78, 5) is 10.8. The first kappa shape index (κ1) is 14.7. The Labute approximate surface area is 129 Å². The molecule has 2 aromatic heterocycles. The van der Waals surface area contributed by atoms with Crippen molar-refractivity contribution in [2.24, 2.45) is 0 Å². The van der Waals surface area contributed by atoms with Crippen molar-refractivity contribution >= 4 is 11.1 Å². The summed E-state index contributed by atoms with van der Waals surface area (Å²) >= 11 is 0. The van der Waals surface area contributed by atoms with E-state index >= 15 is 0 Å². The zero-order valence-electron chi connectivity index (χ0n) is 12.5. The van der Waals surface area contributed by atoms with Gasteiger partial charge in [-0.1, -0.05) is 18.2 Å². The monoisotopic (exact) mass is 297 g/mol. The van der Waals surface area contributed by atoms with E-state index in [9.17, 15) is 5.11 Å². The van der Waals surface area contributed by atoms with Crippen LogP contribution in [0.2, 0.25) is 0 Å². The standard InChI is InChI=1S/C17H19N3O2/c1-13(17-19-15-6-2-3-7-16(15)22-17)20(9-10-21)12-14-5-4-8-18-11-14/h2-8,11,13,21H,9-10,12H2,1H3. The Kier molecular flexibility index (Phi) is 4.46. The third kappa shape index (κ3) is 3.16. The summed E-state index contributed by atoms with van der Waals surface area (Å²) in [6.45, 7) is 3.37. The van der Waals surface area contributed by atoms with E-state index in [0.717, 1.165) is 16.7 Å². The van der Waals surface area contributed by atoms with Crippen LogP contribution in [0.25, 0.3) is 11.1 Å². The Hall–Kier alpha value is -2.24. The van der Waals surface area contributed by atoms with E-state index in [1.54, 1.807) is 6.20 Å². The zero-order valence-corrected chi connectivity index (χ0v) is 12.5. The fraction of sp³-hybridized carbons (Fsp3) is 0.294. The van der Waals surface area contributed by atoms with E-state index in [0.29, 0.717) is 19.0 Å². The Bertz CT molecular complexity index is 694. The molecule has 1 unspecified atom stereocenters. The fourth-order valence-electron chi connectivity index (χ4n) is 2.49. The highest BCUT2D eigenvalue weighted by Gasteiger charge is 2.21. The van der Waals surface area contributed by atoms with Crippen molar-refractivity contribution in [3.8, 4) is 0 Å². The molecule has 22 heavy (non-hydrogen) atoms. The molecular formula is C17H19N3O2. The number of hydrogen-bond acceptors (Lipinski definition) is 5. The van der Waals surface area contributed by atoms with Gasteiger partial charge < -0.3 is 9.52 Å². The van der Waals surface area contributed by atoms with Gasteiger partial charge in [0, 0.05) is 25.5 Å². The Morgan fingerprint density at radius 3 is 2.82 bits per heavy atom. The molecule has 3 aromatic rings. The van der Waals surface area contributed by atoms with Crippen LogP contribution in [-0.4, -0.2) is 33.1 Å². The molecule has 2 heterocycles. The summed E-state index contributed by atoms with van der Waals surface area (Å²) in [5.41, 5.74) is 2.74. The molecule has 1 aromatic carbocycles. The predicted molar refractivity (Wildman–Crippen MR) is 84.2 cm³/mol. The van der Waals surface area contributed by atoms with Gasteiger partial charge in [-0.15, -0.1) is 0 Å². The van der Waals surface area contributed by atoms with E-state index in [2.05, 4.69) is 14.9 Å². The predicted octanol–water partition coefficient (Wildman–Crippen LogP) is 2.78. The van der Waals surface area contributed by atoms with Gasteiger partial charge in [0.05, 0.1) is 12.6 Å². The molecule has 0 radical (unpaired) electrons. The lowest BCUT2D eigenvalue weighted by Gasteiger charge is -2.26. The van der Waals surface area contributed by atoms with Crippen LogP contribution < -0.4 is 0 Å². The quantitative estimate of drug-likeness (QED) is 0.758. The first-order chi connectivity index (χ1) is 10.8. The van der Waals surface area contributed by atoms with Gasteiger partial charge in [-0.2, -0.15) is 0 Å². The second-order valence-corrected chi connectivity index (χ2v) is 5.25. The minimum atomic E-state index is -0.0280. The summed E-state index contributed by atoms with van der Waals surface area (Å²) < 4.78 is 5.84. The van der Waals surface area contributed by atoms with E-state index in [-0.39, 0.29) is 12.6 Å². The van der Waals surface area contributed by atoms with Crippen molar-refractivity contribution in [2.75, 3.05) is 13.2 Å².